The first-order valence-corrected chi connectivity index (χ1v) is 4.73. The average Bonchev–Trinajstić information content (AvgIpc) is 2.02. The summed E-state index contributed by atoms with van der Waals surface area (Å²) in [6, 6.07) is 0.273. The third-order valence-electron chi connectivity index (χ3n) is 2.30. The largest absolute Gasteiger partial charge is 0.384 e. The first-order chi connectivity index (χ1) is 5.46. The van der Waals surface area contributed by atoms with Crippen molar-refractivity contribution in [3.05, 3.63) is 0 Å². The molecule has 13 heavy (non-hydrogen) atoms. The SMILES string of the molecule is CCC(O)(CC)C(C)=NC(C)C.[Y]. The number of rotatable bonds is 4. The van der Waals surface area contributed by atoms with Gasteiger partial charge in [0.05, 0.1) is 0 Å². The van der Waals surface area contributed by atoms with Crippen molar-refractivity contribution in [3.8, 4) is 0 Å². The number of hydrogen-bond acceptors (Lipinski definition) is 2. The molecule has 0 amide bonds. The van der Waals surface area contributed by atoms with E-state index < -0.39 is 5.60 Å². The van der Waals surface area contributed by atoms with E-state index in [4.69, 9.17) is 0 Å². The van der Waals surface area contributed by atoms with E-state index in [1.54, 1.807) is 0 Å². The van der Waals surface area contributed by atoms with E-state index in [1.165, 1.54) is 0 Å². The van der Waals surface area contributed by atoms with E-state index in [2.05, 4.69) is 4.99 Å². The third-order valence-corrected chi connectivity index (χ3v) is 2.30. The first-order valence-electron chi connectivity index (χ1n) is 4.73. The van der Waals surface area contributed by atoms with E-state index in [0.717, 1.165) is 18.6 Å². The molecule has 0 aliphatic rings. The molecule has 0 aromatic carbocycles. The fraction of sp³-hybridized carbons (Fsp3) is 0.900. The zero-order chi connectivity index (χ0) is 9.78. The van der Waals surface area contributed by atoms with Crippen molar-refractivity contribution in [1.29, 1.82) is 0 Å². The van der Waals surface area contributed by atoms with Crippen LogP contribution in [0.15, 0.2) is 4.99 Å². The van der Waals surface area contributed by atoms with Gasteiger partial charge in [0.15, 0.2) is 0 Å². The van der Waals surface area contributed by atoms with Crippen LogP contribution < -0.4 is 0 Å². The second kappa shape index (κ2) is 7.08. The van der Waals surface area contributed by atoms with Crippen molar-refractivity contribution >= 4 is 5.71 Å². The average molecular weight is 260 g/mol. The Hall–Kier alpha value is 0.734. The molecule has 3 heteroatoms. The topological polar surface area (TPSA) is 32.6 Å². The van der Waals surface area contributed by atoms with Crippen molar-refractivity contribution in [3.63, 3.8) is 0 Å². The van der Waals surface area contributed by atoms with Gasteiger partial charge in [0, 0.05) is 44.5 Å². The van der Waals surface area contributed by atoms with E-state index in [9.17, 15) is 5.11 Å². The Morgan fingerprint density at radius 3 is 1.92 bits per heavy atom. The van der Waals surface area contributed by atoms with Gasteiger partial charge >= 0.3 is 0 Å². The van der Waals surface area contributed by atoms with E-state index in [-0.39, 0.29) is 38.8 Å². The summed E-state index contributed by atoms with van der Waals surface area (Å²) in [7, 11) is 0. The molecule has 0 aliphatic carbocycles. The maximum atomic E-state index is 10.0. The van der Waals surface area contributed by atoms with Crippen LogP contribution in [0.3, 0.4) is 0 Å². The van der Waals surface area contributed by atoms with Gasteiger partial charge < -0.3 is 5.11 Å². The molecule has 0 saturated carbocycles. The molecule has 0 aromatic rings. The van der Waals surface area contributed by atoms with Crippen LogP contribution in [0.25, 0.3) is 0 Å². The zero-order valence-electron chi connectivity index (χ0n) is 9.46. The normalized spacial score (nSPS) is 13.0. The number of nitrogens with zero attached hydrogens (tertiary/aromatic N) is 1. The van der Waals surface area contributed by atoms with Gasteiger partial charge in [0.25, 0.3) is 0 Å². The molecule has 0 spiro atoms. The summed E-state index contributed by atoms with van der Waals surface area (Å²) in [5.41, 5.74) is 0.187. The van der Waals surface area contributed by atoms with Crippen LogP contribution in [-0.2, 0) is 32.7 Å². The molecule has 0 unspecified atom stereocenters. The van der Waals surface area contributed by atoms with Crippen molar-refractivity contribution in [2.45, 2.75) is 59.1 Å². The second-order valence-electron chi connectivity index (χ2n) is 3.55. The zero-order valence-corrected chi connectivity index (χ0v) is 12.3. The number of aliphatic imine (C=N–C) groups is 1. The minimum Gasteiger partial charge on any atom is -0.384 e. The Labute approximate surface area is 107 Å². The molecule has 0 saturated heterocycles. The number of hydrogen-bond donors (Lipinski definition) is 1. The van der Waals surface area contributed by atoms with Gasteiger partial charge in [-0.15, -0.1) is 0 Å². The predicted octanol–water partition coefficient (Wildman–Crippen LogP) is 2.40. The molecule has 1 radical (unpaired) electrons. The van der Waals surface area contributed by atoms with Gasteiger partial charge in [-0.1, -0.05) is 13.8 Å². The molecule has 0 heterocycles. The van der Waals surface area contributed by atoms with Crippen molar-refractivity contribution in [2.75, 3.05) is 0 Å². The summed E-state index contributed by atoms with van der Waals surface area (Å²) >= 11 is 0. The summed E-state index contributed by atoms with van der Waals surface area (Å²) in [6.45, 7) is 9.93. The van der Waals surface area contributed by atoms with Crippen molar-refractivity contribution in [2.24, 2.45) is 4.99 Å². The monoisotopic (exact) mass is 260 g/mol. The van der Waals surface area contributed by atoms with Crippen molar-refractivity contribution < 1.29 is 37.8 Å². The van der Waals surface area contributed by atoms with Crippen LogP contribution >= 0.6 is 0 Å². The van der Waals surface area contributed by atoms with Crippen molar-refractivity contribution in [1.82, 2.24) is 0 Å². The minimum atomic E-state index is -0.676. The molecule has 0 atom stereocenters. The predicted molar refractivity (Wildman–Crippen MR) is 53.8 cm³/mol. The molecule has 75 valence electrons. The van der Waals surface area contributed by atoms with Gasteiger partial charge in [-0.05, 0) is 33.6 Å². The van der Waals surface area contributed by atoms with Crippen LogP contribution in [0.5, 0.6) is 0 Å². The Kier molecular flexibility index (Phi) is 8.81. The fourth-order valence-electron chi connectivity index (χ4n) is 1.27. The smallest absolute Gasteiger partial charge is 0.101 e. The molecule has 0 aromatic heterocycles. The molecule has 0 fully saturated rings. The summed E-state index contributed by atoms with van der Waals surface area (Å²) in [6.07, 6.45) is 1.48. The Morgan fingerprint density at radius 2 is 1.69 bits per heavy atom. The molecular weight excluding hydrogens is 239 g/mol. The van der Waals surface area contributed by atoms with E-state index in [0.29, 0.717) is 0 Å². The summed E-state index contributed by atoms with van der Waals surface area (Å²) in [5, 5.41) is 10.0. The Balaban J connectivity index is 0. The standard InChI is InChI=1S/C10H21NO.Y/c1-6-10(12,7-2)9(5)11-8(3)4;/h8,12H,6-7H2,1-5H3;. The van der Waals surface area contributed by atoms with Gasteiger partial charge in [0.1, 0.15) is 5.60 Å². The summed E-state index contributed by atoms with van der Waals surface area (Å²) in [4.78, 5) is 4.36. The number of aliphatic hydroxyl groups is 1. The molecule has 0 rings (SSSR count). The van der Waals surface area contributed by atoms with E-state index >= 15 is 0 Å². The molecule has 2 nitrogen and oxygen atoms in total. The maximum absolute atomic E-state index is 10.0. The Morgan fingerprint density at radius 1 is 1.31 bits per heavy atom. The first kappa shape index (κ1) is 16.2. The van der Waals surface area contributed by atoms with Gasteiger partial charge in [-0.2, -0.15) is 0 Å². The summed E-state index contributed by atoms with van der Waals surface area (Å²) < 4.78 is 0. The van der Waals surface area contributed by atoms with Gasteiger partial charge in [-0.3, -0.25) is 4.99 Å². The molecule has 0 bridgehead atoms. The maximum Gasteiger partial charge on any atom is 0.101 e. The minimum absolute atomic E-state index is 0. The van der Waals surface area contributed by atoms with Crippen LogP contribution in [-0.4, -0.2) is 22.5 Å². The van der Waals surface area contributed by atoms with Crippen LogP contribution in [0.2, 0.25) is 0 Å². The van der Waals surface area contributed by atoms with Gasteiger partial charge in [0.2, 0.25) is 0 Å². The second-order valence-corrected chi connectivity index (χ2v) is 3.55. The van der Waals surface area contributed by atoms with E-state index in [1.807, 2.05) is 34.6 Å². The van der Waals surface area contributed by atoms with Crippen LogP contribution in [0, 0.1) is 0 Å². The third kappa shape index (κ3) is 5.24. The van der Waals surface area contributed by atoms with Crippen LogP contribution in [0.1, 0.15) is 47.5 Å². The Bertz CT molecular complexity index is 162. The van der Waals surface area contributed by atoms with Crippen LogP contribution in [0.4, 0.5) is 0 Å². The molecular formula is C10H21NOY. The quantitative estimate of drug-likeness (QED) is 0.773. The molecule has 0 aliphatic heterocycles. The van der Waals surface area contributed by atoms with Gasteiger partial charge in [-0.25, -0.2) is 0 Å². The fourth-order valence-corrected chi connectivity index (χ4v) is 1.27. The summed E-state index contributed by atoms with van der Waals surface area (Å²) in [5.74, 6) is 0. The molecule has 1 N–H and O–H groups in total.